The second-order valence-corrected chi connectivity index (χ2v) is 4.47. The average Bonchev–Trinajstić information content (AvgIpc) is 2.11. The molecule has 5 nitrogen and oxygen atoms in total. The Balaban J connectivity index is 2.00. The summed E-state index contributed by atoms with van der Waals surface area (Å²) in [5.74, 6) is 0.933. The first-order valence-electron chi connectivity index (χ1n) is 4.88. The lowest BCUT2D eigenvalue weighted by atomic mass is 9.93. The van der Waals surface area contributed by atoms with Crippen LogP contribution < -0.4 is 5.32 Å². The fourth-order valence-electron chi connectivity index (χ4n) is 1.42. The maximum absolute atomic E-state index is 10.5. The highest BCUT2D eigenvalue weighted by molar-refractivity contribution is 7.78. The maximum atomic E-state index is 10.5. The molecule has 0 saturated heterocycles. The zero-order chi connectivity index (χ0) is 10.7. The van der Waals surface area contributed by atoms with Gasteiger partial charge in [-0.05, 0) is 36.4 Å². The Labute approximate surface area is 90.6 Å². The molecular formula is C9H12N3O2S-. The highest BCUT2D eigenvalue weighted by atomic mass is 32.2. The summed E-state index contributed by atoms with van der Waals surface area (Å²) in [6.07, 6.45) is 5.15. The number of aromatic nitrogens is 2. The molecule has 2 rings (SSSR count). The molecular weight excluding hydrogens is 214 g/mol. The summed E-state index contributed by atoms with van der Waals surface area (Å²) in [6.45, 7) is 0. The standard InChI is InChI=1S/C9H13N3O2S/c13-15(14)6-9-10-5-4-8(12-9)11-7-2-1-3-7/h4-5,7H,1-3,6H2,(H,13,14)(H,10,11,12)/p-1. The third-order valence-corrected chi connectivity index (χ3v) is 2.90. The number of hydrogen-bond acceptors (Lipinski definition) is 5. The minimum atomic E-state index is -2.13. The molecule has 0 radical (unpaired) electrons. The Kier molecular flexibility index (Phi) is 3.27. The minimum absolute atomic E-state index is 0.125. The monoisotopic (exact) mass is 226 g/mol. The third kappa shape index (κ3) is 2.97. The van der Waals surface area contributed by atoms with Crippen LogP contribution in [0.15, 0.2) is 12.3 Å². The highest BCUT2D eigenvalue weighted by Gasteiger charge is 2.17. The van der Waals surface area contributed by atoms with Gasteiger partial charge in [0.25, 0.3) is 0 Å². The third-order valence-electron chi connectivity index (χ3n) is 2.41. The van der Waals surface area contributed by atoms with Crippen LogP contribution in [0.3, 0.4) is 0 Å². The first-order chi connectivity index (χ1) is 7.24. The van der Waals surface area contributed by atoms with Crippen molar-refractivity contribution in [1.82, 2.24) is 9.97 Å². The van der Waals surface area contributed by atoms with Gasteiger partial charge in [0.15, 0.2) is 0 Å². The lowest BCUT2D eigenvalue weighted by molar-refractivity contribution is 0.444. The van der Waals surface area contributed by atoms with Gasteiger partial charge in [0.05, 0.1) is 5.75 Å². The van der Waals surface area contributed by atoms with E-state index in [2.05, 4.69) is 15.3 Å². The van der Waals surface area contributed by atoms with E-state index in [-0.39, 0.29) is 5.75 Å². The largest absolute Gasteiger partial charge is 0.772 e. The van der Waals surface area contributed by atoms with Crippen LogP contribution in [0.1, 0.15) is 25.1 Å². The Morgan fingerprint density at radius 2 is 2.40 bits per heavy atom. The molecule has 1 atom stereocenters. The van der Waals surface area contributed by atoms with Gasteiger partial charge in [0.2, 0.25) is 0 Å². The summed E-state index contributed by atoms with van der Waals surface area (Å²) < 4.78 is 20.9. The van der Waals surface area contributed by atoms with Gasteiger partial charge in [0, 0.05) is 12.2 Å². The van der Waals surface area contributed by atoms with Gasteiger partial charge in [-0.3, -0.25) is 4.21 Å². The van der Waals surface area contributed by atoms with Gasteiger partial charge >= 0.3 is 0 Å². The summed E-state index contributed by atoms with van der Waals surface area (Å²) >= 11 is -2.13. The molecule has 82 valence electrons. The second-order valence-electron chi connectivity index (χ2n) is 3.58. The molecule has 15 heavy (non-hydrogen) atoms. The SMILES string of the molecule is O=S([O-])Cc1nccc(NC2CCC2)n1. The topological polar surface area (TPSA) is 77.9 Å². The number of rotatable bonds is 4. The van der Waals surface area contributed by atoms with Crippen LogP contribution in [0.5, 0.6) is 0 Å². The summed E-state index contributed by atoms with van der Waals surface area (Å²) in [5.41, 5.74) is 0. The van der Waals surface area contributed by atoms with Crippen molar-refractivity contribution in [3.05, 3.63) is 18.1 Å². The molecule has 1 saturated carbocycles. The summed E-state index contributed by atoms with van der Waals surface area (Å²) in [5, 5.41) is 3.24. The predicted molar refractivity (Wildman–Crippen MR) is 55.9 cm³/mol. The average molecular weight is 226 g/mol. The van der Waals surface area contributed by atoms with E-state index in [1.807, 2.05) is 0 Å². The van der Waals surface area contributed by atoms with E-state index in [1.54, 1.807) is 12.3 Å². The molecule has 1 aromatic rings. The zero-order valence-corrected chi connectivity index (χ0v) is 9.00. The molecule has 1 unspecified atom stereocenters. The zero-order valence-electron chi connectivity index (χ0n) is 8.18. The number of hydrogen-bond donors (Lipinski definition) is 1. The molecule has 6 heteroatoms. The van der Waals surface area contributed by atoms with Crippen LogP contribution in [0.2, 0.25) is 0 Å². The smallest absolute Gasteiger partial charge is 0.141 e. The van der Waals surface area contributed by atoms with Crippen LogP contribution in [-0.4, -0.2) is 24.8 Å². The van der Waals surface area contributed by atoms with Gasteiger partial charge in [0.1, 0.15) is 11.6 Å². The van der Waals surface area contributed by atoms with Crippen molar-refractivity contribution in [1.29, 1.82) is 0 Å². The van der Waals surface area contributed by atoms with Crippen LogP contribution >= 0.6 is 0 Å². The van der Waals surface area contributed by atoms with Crippen LogP contribution in [0.25, 0.3) is 0 Å². The van der Waals surface area contributed by atoms with E-state index in [0.29, 0.717) is 11.9 Å². The highest BCUT2D eigenvalue weighted by Crippen LogP contribution is 2.21. The summed E-state index contributed by atoms with van der Waals surface area (Å²) in [4.78, 5) is 8.01. The van der Waals surface area contributed by atoms with Gasteiger partial charge in [-0.15, -0.1) is 0 Å². The van der Waals surface area contributed by atoms with E-state index in [0.717, 1.165) is 18.7 Å². The molecule has 1 aliphatic rings. The first-order valence-corrected chi connectivity index (χ1v) is 6.13. The van der Waals surface area contributed by atoms with Crippen molar-refractivity contribution in [2.75, 3.05) is 5.32 Å². The van der Waals surface area contributed by atoms with Crippen molar-refractivity contribution in [2.24, 2.45) is 0 Å². The number of nitrogens with zero attached hydrogens (tertiary/aromatic N) is 2. The van der Waals surface area contributed by atoms with E-state index in [9.17, 15) is 8.76 Å². The quantitative estimate of drug-likeness (QED) is 0.769. The Hall–Kier alpha value is -1.01. The maximum Gasteiger partial charge on any atom is 0.141 e. The van der Waals surface area contributed by atoms with Crippen LogP contribution in [0.4, 0.5) is 5.82 Å². The predicted octanol–water partition coefficient (Wildman–Crippen LogP) is 0.820. The van der Waals surface area contributed by atoms with E-state index in [4.69, 9.17) is 0 Å². The number of nitrogens with one attached hydrogen (secondary N) is 1. The first kappa shape index (κ1) is 10.5. The molecule has 0 bridgehead atoms. The van der Waals surface area contributed by atoms with Gasteiger partial charge < -0.3 is 9.87 Å². The molecule has 0 amide bonds. The van der Waals surface area contributed by atoms with Crippen molar-refractivity contribution in [3.8, 4) is 0 Å². The molecule has 0 aromatic carbocycles. The van der Waals surface area contributed by atoms with Crippen molar-refractivity contribution < 1.29 is 8.76 Å². The van der Waals surface area contributed by atoms with Crippen molar-refractivity contribution in [2.45, 2.75) is 31.1 Å². The summed E-state index contributed by atoms with van der Waals surface area (Å²) in [6, 6.07) is 2.25. The van der Waals surface area contributed by atoms with Gasteiger partial charge in [-0.1, -0.05) is 0 Å². The van der Waals surface area contributed by atoms with Crippen LogP contribution in [-0.2, 0) is 16.8 Å². The lowest BCUT2D eigenvalue weighted by Gasteiger charge is -2.26. The van der Waals surface area contributed by atoms with Gasteiger partial charge in [-0.2, -0.15) is 0 Å². The summed E-state index contributed by atoms with van der Waals surface area (Å²) in [7, 11) is 0. The molecule has 1 aromatic heterocycles. The Morgan fingerprint density at radius 1 is 1.60 bits per heavy atom. The fraction of sp³-hybridized carbons (Fsp3) is 0.556. The second kappa shape index (κ2) is 4.67. The number of anilines is 1. The van der Waals surface area contributed by atoms with E-state index >= 15 is 0 Å². The molecule has 1 aliphatic carbocycles. The van der Waals surface area contributed by atoms with E-state index < -0.39 is 11.1 Å². The van der Waals surface area contributed by atoms with Gasteiger partial charge in [-0.25, -0.2) is 9.97 Å². The molecule has 1 N–H and O–H groups in total. The van der Waals surface area contributed by atoms with Crippen molar-refractivity contribution >= 4 is 16.9 Å². The Morgan fingerprint density at radius 3 is 3.00 bits per heavy atom. The molecule has 1 heterocycles. The van der Waals surface area contributed by atoms with E-state index in [1.165, 1.54) is 6.42 Å². The Bertz CT molecular complexity index is 368. The lowest BCUT2D eigenvalue weighted by Crippen LogP contribution is -2.27. The van der Waals surface area contributed by atoms with Crippen LogP contribution in [0, 0.1) is 0 Å². The minimum Gasteiger partial charge on any atom is -0.772 e. The molecule has 0 aliphatic heterocycles. The van der Waals surface area contributed by atoms with Crippen molar-refractivity contribution in [3.63, 3.8) is 0 Å². The fourth-order valence-corrected chi connectivity index (χ4v) is 1.77. The normalized spacial score (nSPS) is 18.2. The molecule has 1 fully saturated rings. The molecule has 0 spiro atoms.